The number of anilines is 1. The third kappa shape index (κ3) is 2.68. The van der Waals surface area contributed by atoms with Gasteiger partial charge in [-0.1, -0.05) is 37.9 Å². The molecule has 0 radical (unpaired) electrons. The molecule has 2 rings (SSSR count). The largest absolute Gasteiger partial charge is 0.377 e. The highest BCUT2D eigenvalue weighted by atomic mass is 15.3. The average Bonchev–Trinajstić information content (AvgIpc) is 2.43. The molecule has 1 fully saturated rings. The topological polar surface area (TPSA) is 18.5 Å². The van der Waals surface area contributed by atoms with E-state index in [-0.39, 0.29) is 5.54 Å². The highest BCUT2D eigenvalue weighted by Crippen LogP contribution is 2.36. The van der Waals surface area contributed by atoms with Gasteiger partial charge in [0.25, 0.3) is 0 Å². The average molecular weight is 283 g/mol. The van der Waals surface area contributed by atoms with E-state index in [1.54, 1.807) is 0 Å². The minimum atomic E-state index is -0.189. The van der Waals surface area contributed by atoms with Gasteiger partial charge in [0.1, 0.15) is 0 Å². The predicted octanol–water partition coefficient (Wildman–Crippen LogP) is 3.52. The fourth-order valence-electron chi connectivity index (χ4n) is 2.79. The maximum absolute atomic E-state index is 4.16. The fraction of sp³-hybridized carbons (Fsp3) is 0.333. The molecule has 1 N–H and O–H groups in total. The van der Waals surface area contributed by atoms with Crippen LogP contribution in [0.5, 0.6) is 0 Å². The summed E-state index contributed by atoms with van der Waals surface area (Å²) in [5, 5.41) is 3.52. The van der Waals surface area contributed by atoms with Crippen molar-refractivity contribution in [2.45, 2.75) is 18.9 Å². The first-order valence-electron chi connectivity index (χ1n) is 7.11. The Balaban J connectivity index is 2.46. The second kappa shape index (κ2) is 5.32. The van der Waals surface area contributed by atoms with Crippen LogP contribution in [0.4, 0.5) is 5.69 Å². The van der Waals surface area contributed by atoms with Crippen molar-refractivity contribution in [2.75, 3.05) is 26.0 Å². The summed E-state index contributed by atoms with van der Waals surface area (Å²) in [5.74, 6) is 0.882. The number of hydrogen-bond acceptors (Lipinski definition) is 3. The van der Waals surface area contributed by atoms with Crippen LogP contribution in [-0.4, -0.2) is 26.0 Å². The van der Waals surface area contributed by atoms with Gasteiger partial charge in [0.2, 0.25) is 0 Å². The summed E-state index contributed by atoms with van der Waals surface area (Å²) in [5.41, 5.74) is 4.41. The zero-order valence-electron chi connectivity index (χ0n) is 13.5. The molecular formula is C18H25N3. The Morgan fingerprint density at radius 3 is 2.52 bits per heavy atom. The van der Waals surface area contributed by atoms with Gasteiger partial charge in [0.15, 0.2) is 0 Å². The van der Waals surface area contributed by atoms with Gasteiger partial charge in [-0.2, -0.15) is 0 Å². The van der Waals surface area contributed by atoms with Gasteiger partial charge < -0.3 is 15.1 Å². The second-order valence-electron chi connectivity index (χ2n) is 6.08. The lowest BCUT2D eigenvalue weighted by Gasteiger charge is -2.43. The van der Waals surface area contributed by atoms with E-state index in [1.807, 2.05) is 32.1 Å². The molecule has 0 unspecified atom stereocenters. The molecule has 112 valence electrons. The van der Waals surface area contributed by atoms with Crippen molar-refractivity contribution in [3.05, 3.63) is 60.6 Å². The quantitative estimate of drug-likeness (QED) is 0.915. The Labute approximate surface area is 128 Å². The van der Waals surface area contributed by atoms with Crippen molar-refractivity contribution < 1.29 is 0 Å². The van der Waals surface area contributed by atoms with Gasteiger partial charge in [-0.25, -0.2) is 0 Å². The monoisotopic (exact) mass is 283 g/mol. The lowest BCUT2D eigenvalue weighted by atomic mass is 9.84. The molecule has 1 saturated heterocycles. The highest BCUT2D eigenvalue weighted by Gasteiger charge is 2.34. The van der Waals surface area contributed by atoms with E-state index < -0.39 is 0 Å². The van der Waals surface area contributed by atoms with Gasteiger partial charge in [-0.3, -0.25) is 0 Å². The Kier molecular flexibility index (Phi) is 3.86. The third-order valence-electron chi connectivity index (χ3n) is 4.23. The second-order valence-corrected chi connectivity index (χ2v) is 6.08. The molecule has 3 heteroatoms. The number of rotatable bonds is 3. The molecule has 0 bridgehead atoms. The molecule has 1 aliphatic rings. The van der Waals surface area contributed by atoms with E-state index in [0.717, 1.165) is 23.5 Å². The number of hydrogen-bond donors (Lipinski definition) is 1. The Bertz CT molecular complexity index is 580. The maximum Gasteiger partial charge on any atom is 0.0985 e. The van der Waals surface area contributed by atoms with Gasteiger partial charge in [0, 0.05) is 38.9 Å². The molecule has 3 nitrogen and oxygen atoms in total. The fourth-order valence-corrected chi connectivity index (χ4v) is 2.79. The van der Waals surface area contributed by atoms with Gasteiger partial charge in [-0.15, -0.1) is 0 Å². The zero-order valence-corrected chi connectivity index (χ0v) is 13.5. The van der Waals surface area contributed by atoms with Gasteiger partial charge in [-0.05, 0) is 24.1 Å². The molecule has 0 saturated carbocycles. The van der Waals surface area contributed by atoms with Crippen molar-refractivity contribution in [1.29, 1.82) is 0 Å². The predicted molar refractivity (Wildman–Crippen MR) is 92.0 cm³/mol. The molecule has 1 aromatic carbocycles. The minimum Gasteiger partial charge on any atom is -0.377 e. The van der Waals surface area contributed by atoms with E-state index in [2.05, 4.69) is 55.1 Å². The van der Waals surface area contributed by atoms with E-state index in [4.69, 9.17) is 0 Å². The molecule has 1 heterocycles. The molecule has 21 heavy (non-hydrogen) atoms. The lowest BCUT2D eigenvalue weighted by molar-refractivity contribution is 0.268. The van der Waals surface area contributed by atoms with E-state index in [1.165, 1.54) is 11.3 Å². The van der Waals surface area contributed by atoms with E-state index in [9.17, 15) is 0 Å². The summed E-state index contributed by atoms with van der Waals surface area (Å²) in [7, 11) is 6.09. The van der Waals surface area contributed by atoms with E-state index >= 15 is 0 Å². The number of benzene rings is 1. The van der Waals surface area contributed by atoms with Crippen LogP contribution in [0.1, 0.15) is 24.5 Å². The summed E-state index contributed by atoms with van der Waals surface area (Å²) < 4.78 is 0. The van der Waals surface area contributed by atoms with Crippen LogP contribution in [0.15, 0.2) is 49.5 Å². The molecule has 0 aromatic heterocycles. The number of nitrogens with one attached hydrogen (secondary N) is 1. The van der Waals surface area contributed by atoms with Crippen LogP contribution in [0, 0.1) is 0 Å². The highest BCUT2D eigenvalue weighted by molar-refractivity contribution is 5.67. The molecule has 1 aliphatic heterocycles. The summed E-state index contributed by atoms with van der Waals surface area (Å²) >= 11 is 0. The minimum absolute atomic E-state index is 0.189. The van der Waals surface area contributed by atoms with Gasteiger partial charge >= 0.3 is 0 Å². The summed E-state index contributed by atoms with van der Waals surface area (Å²) in [4.78, 5) is 4.12. The van der Waals surface area contributed by atoms with Crippen molar-refractivity contribution in [1.82, 2.24) is 10.2 Å². The van der Waals surface area contributed by atoms with Gasteiger partial charge in [0.05, 0.1) is 11.4 Å². The Morgan fingerprint density at radius 2 is 2.00 bits per heavy atom. The van der Waals surface area contributed by atoms with Crippen LogP contribution < -0.4 is 10.2 Å². The standard InChI is InChI=1S/C18H25N3/c1-8-15-9-10-16(11-17(15)20(5)6)18(4)12-13(2)21(7)14(3)19-18/h8-11,19H,1-3,12H2,4-7H3/t18-/m0/s1. The van der Waals surface area contributed by atoms with Crippen molar-refractivity contribution >= 4 is 11.8 Å². The molecule has 1 aromatic rings. The molecule has 1 atom stereocenters. The van der Waals surface area contributed by atoms with Crippen molar-refractivity contribution in [3.63, 3.8) is 0 Å². The first-order chi connectivity index (χ1) is 9.78. The third-order valence-corrected chi connectivity index (χ3v) is 4.23. The molecular weight excluding hydrogens is 258 g/mol. The molecule has 0 amide bonds. The summed E-state index contributed by atoms with van der Waals surface area (Å²) in [6, 6.07) is 6.49. The lowest BCUT2D eigenvalue weighted by Crippen LogP contribution is -2.48. The van der Waals surface area contributed by atoms with Crippen molar-refractivity contribution in [3.8, 4) is 0 Å². The van der Waals surface area contributed by atoms with Crippen LogP contribution in [0.3, 0.4) is 0 Å². The SMILES string of the molecule is C=Cc1ccc([C@]2(C)CC(=C)N(C)C(=C)N2)cc1N(C)C. The zero-order chi connectivity index (χ0) is 15.8. The van der Waals surface area contributed by atoms with Crippen LogP contribution in [0.25, 0.3) is 6.08 Å². The van der Waals surface area contributed by atoms with E-state index in [0.29, 0.717) is 0 Å². The first kappa shape index (κ1) is 15.2. The molecule has 0 aliphatic carbocycles. The maximum atomic E-state index is 4.16. The van der Waals surface area contributed by atoms with Crippen molar-refractivity contribution in [2.24, 2.45) is 0 Å². The van der Waals surface area contributed by atoms with Crippen LogP contribution in [0.2, 0.25) is 0 Å². The van der Waals surface area contributed by atoms with Crippen LogP contribution >= 0.6 is 0 Å². The Hall–Kier alpha value is -2.16. The van der Waals surface area contributed by atoms with Crippen LogP contribution in [-0.2, 0) is 5.54 Å². The smallest absolute Gasteiger partial charge is 0.0985 e. The first-order valence-corrected chi connectivity index (χ1v) is 7.11. The normalized spacial score (nSPS) is 22.0. The summed E-state index contributed by atoms with van der Waals surface area (Å²) in [6.45, 7) is 14.3. The number of nitrogens with zero attached hydrogens (tertiary/aromatic N) is 2. The summed E-state index contributed by atoms with van der Waals surface area (Å²) in [6.07, 6.45) is 2.74. The Morgan fingerprint density at radius 1 is 1.33 bits per heavy atom. The molecule has 0 spiro atoms.